The van der Waals surface area contributed by atoms with E-state index < -0.39 is 5.92 Å². The molecule has 3 rings (SSSR count). The number of unbranched alkanes of at least 4 members (excludes halogenated alkanes) is 1. The van der Waals surface area contributed by atoms with Crippen LogP contribution in [0.15, 0.2) is 42.5 Å². The number of halogens is 2. The van der Waals surface area contributed by atoms with E-state index in [1.165, 1.54) is 5.56 Å². The van der Waals surface area contributed by atoms with Gasteiger partial charge >= 0.3 is 0 Å². The van der Waals surface area contributed by atoms with Crippen molar-refractivity contribution in [3.63, 3.8) is 0 Å². The van der Waals surface area contributed by atoms with Gasteiger partial charge in [0, 0.05) is 24.3 Å². The fourth-order valence-corrected chi connectivity index (χ4v) is 3.47. The van der Waals surface area contributed by atoms with Crippen LogP contribution in [-0.4, -0.2) is 18.4 Å². The lowest BCUT2D eigenvalue weighted by molar-refractivity contribution is -0.122. The number of hydrogen-bond donors (Lipinski definition) is 1. The second kappa shape index (κ2) is 8.77. The van der Waals surface area contributed by atoms with E-state index in [1.54, 1.807) is 23.1 Å². The Morgan fingerprint density at radius 2 is 1.89 bits per heavy atom. The van der Waals surface area contributed by atoms with Gasteiger partial charge in [-0.3, -0.25) is 9.59 Å². The maximum Gasteiger partial charge on any atom is 0.229 e. The molecule has 0 aliphatic carbocycles. The molecule has 1 saturated heterocycles. The highest BCUT2D eigenvalue weighted by atomic mass is 35.5. The van der Waals surface area contributed by atoms with E-state index in [-0.39, 0.29) is 18.2 Å². The monoisotopic (exact) mass is 404 g/mol. The largest absolute Gasteiger partial charge is 0.326 e. The Bertz CT molecular complexity index is 837. The van der Waals surface area contributed by atoms with Gasteiger partial charge in [0.2, 0.25) is 11.8 Å². The summed E-state index contributed by atoms with van der Waals surface area (Å²) >= 11 is 11.9. The molecule has 0 saturated carbocycles. The molecule has 2 aromatic carbocycles. The molecule has 1 atom stereocenters. The number of aryl methyl sites for hydroxylation is 1. The minimum Gasteiger partial charge on any atom is -0.326 e. The molecule has 2 aromatic rings. The third-order valence-corrected chi connectivity index (χ3v) is 5.49. The standard InChI is InChI=1S/C21H22Cl2N2O2/c1-2-3-4-14-5-8-17(9-6-14)25-13-15(11-20(25)26)21(27)24-16-7-10-18(22)19(23)12-16/h5-10,12,15H,2-4,11,13H2,1H3,(H,24,27). The van der Waals surface area contributed by atoms with Crippen LogP contribution in [0.25, 0.3) is 0 Å². The van der Waals surface area contributed by atoms with Crippen LogP contribution in [0.1, 0.15) is 31.7 Å². The summed E-state index contributed by atoms with van der Waals surface area (Å²) in [4.78, 5) is 26.6. The number of benzene rings is 2. The quantitative estimate of drug-likeness (QED) is 0.707. The number of rotatable bonds is 6. The minimum atomic E-state index is -0.397. The highest BCUT2D eigenvalue weighted by molar-refractivity contribution is 6.42. The zero-order valence-corrected chi connectivity index (χ0v) is 16.7. The van der Waals surface area contributed by atoms with Gasteiger partial charge in [-0.15, -0.1) is 0 Å². The topological polar surface area (TPSA) is 49.4 Å². The average molecular weight is 405 g/mol. The molecule has 1 aliphatic heterocycles. The number of carbonyl (C=O) groups is 2. The normalized spacial score (nSPS) is 16.6. The zero-order valence-electron chi connectivity index (χ0n) is 15.2. The molecule has 2 amide bonds. The van der Waals surface area contributed by atoms with Gasteiger partial charge in [-0.25, -0.2) is 0 Å². The maximum atomic E-state index is 12.5. The molecular weight excluding hydrogens is 383 g/mol. The second-order valence-electron chi connectivity index (χ2n) is 6.79. The number of carbonyl (C=O) groups excluding carboxylic acids is 2. The van der Waals surface area contributed by atoms with Crippen molar-refractivity contribution in [1.29, 1.82) is 0 Å². The van der Waals surface area contributed by atoms with Crippen LogP contribution in [0.2, 0.25) is 10.0 Å². The van der Waals surface area contributed by atoms with E-state index in [4.69, 9.17) is 23.2 Å². The first-order valence-electron chi connectivity index (χ1n) is 9.13. The Morgan fingerprint density at radius 3 is 2.56 bits per heavy atom. The van der Waals surface area contributed by atoms with Gasteiger partial charge in [-0.05, 0) is 48.7 Å². The molecule has 4 nitrogen and oxygen atoms in total. The van der Waals surface area contributed by atoms with Crippen molar-refractivity contribution in [3.8, 4) is 0 Å². The Balaban J connectivity index is 1.64. The predicted molar refractivity (Wildman–Crippen MR) is 111 cm³/mol. The molecule has 142 valence electrons. The predicted octanol–water partition coefficient (Wildman–Crippen LogP) is 5.33. The molecule has 27 heavy (non-hydrogen) atoms. The van der Waals surface area contributed by atoms with Crippen molar-refractivity contribution in [1.82, 2.24) is 0 Å². The summed E-state index contributed by atoms with van der Waals surface area (Å²) in [6.45, 7) is 2.54. The fourth-order valence-electron chi connectivity index (χ4n) is 3.17. The lowest BCUT2D eigenvalue weighted by Gasteiger charge is -2.17. The first-order chi connectivity index (χ1) is 13.0. The highest BCUT2D eigenvalue weighted by Crippen LogP contribution is 2.28. The fraction of sp³-hybridized carbons (Fsp3) is 0.333. The summed E-state index contributed by atoms with van der Waals surface area (Å²) in [6.07, 6.45) is 3.55. The van der Waals surface area contributed by atoms with E-state index in [2.05, 4.69) is 24.4 Å². The lowest BCUT2D eigenvalue weighted by atomic mass is 10.1. The van der Waals surface area contributed by atoms with Crippen molar-refractivity contribution in [2.45, 2.75) is 32.6 Å². The van der Waals surface area contributed by atoms with E-state index in [1.807, 2.05) is 12.1 Å². The molecule has 6 heteroatoms. The number of nitrogens with one attached hydrogen (secondary N) is 1. The maximum absolute atomic E-state index is 12.5. The van der Waals surface area contributed by atoms with Crippen molar-refractivity contribution in [2.24, 2.45) is 5.92 Å². The Kier molecular flexibility index (Phi) is 6.40. The Labute approximate surface area is 169 Å². The molecule has 1 heterocycles. The van der Waals surface area contributed by atoms with E-state index in [0.29, 0.717) is 22.3 Å². The van der Waals surface area contributed by atoms with Crippen molar-refractivity contribution in [3.05, 3.63) is 58.1 Å². The summed E-state index contributed by atoms with van der Waals surface area (Å²) < 4.78 is 0. The van der Waals surface area contributed by atoms with Gasteiger partial charge in [0.25, 0.3) is 0 Å². The Hall–Kier alpha value is -2.04. The second-order valence-corrected chi connectivity index (χ2v) is 7.61. The van der Waals surface area contributed by atoms with Crippen LogP contribution < -0.4 is 10.2 Å². The molecule has 1 fully saturated rings. The molecule has 0 aromatic heterocycles. The van der Waals surface area contributed by atoms with Gasteiger partial charge in [0.05, 0.1) is 16.0 Å². The summed E-state index contributed by atoms with van der Waals surface area (Å²) in [5, 5.41) is 3.62. The molecular formula is C21H22Cl2N2O2. The van der Waals surface area contributed by atoms with Crippen molar-refractivity contribution < 1.29 is 9.59 Å². The van der Waals surface area contributed by atoms with Crippen LogP contribution in [0, 0.1) is 5.92 Å². The van der Waals surface area contributed by atoms with E-state index in [0.717, 1.165) is 24.9 Å². The van der Waals surface area contributed by atoms with E-state index >= 15 is 0 Å². The van der Waals surface area contributed by atoms with Crippen LogP contribution in [0.5, 0.6) is 0 Å². The summed E-state index contributed by atoms with van der Waals surface area (Å²) in [7, 11) is 0. The van der Waals surface area contributed by atoms with Crippen LogP contribution in [0.4, 0.5) is 11.4 Å². The van der Waals surface area contributed by atoms with Gasteiger partial charge in [0.15, 0.2) is 0 Å². The number of nitrogens with zero attached hydrogens (tertiary/aromatic N) is 1. The molecule has 0 spiro atoms. The molecule has 0 radical (unpaired) electrons. The lowest BCUT2D eigenvalue weighted by Crippen LogP contribution is -2.28. The van der Waals surface area contributed by atoms with Crippen LogP contribution in [-0.2, 0) is 16.0 Å². The average Bonchev–Trinajstić information content (AvgIpc) is 3.05. The number of amides is 2. The first kappa shape index (κ1) is 19.7. The van der Waals surface area contributed by atoms with Crippen LogP contribution >= 0.6 is 23.2 Å². The zero-order chi connectivity index (χ0) is 19.4. The minimum absolute atomic E-state index is 0.0365. The molecule has 1 aliphatic rings. The van der Waals surface area contributed by atoms with Gasteiger partial charge in [-0.1, -0.05) is 48.7 Å². The van der Waals surface area contributed by atoms with Crippen molar-refractivity contribution >= 4 is 46.4 Å². The van der Waals surface area contributed by atoms with Crippen molar-refractivity contribution in [2.75, 3.05) is 16.8 Å². The van der Waals surface area contributed by atoms with Gasteiger partial charge < -0.3 is 10.2 Å². The Morgan fingerprint density at radius 1 is 1.15 bits per heavy atom. The molecule has 1 N–H and O–H groups in total. The van der Waals surface area contributed by atoms with E-state index in [9.17, 15) is 9.59 Å². The first-order valence-corrected chi connectivity index (χ1v) is 9.88. The third-order valence-electron chi connectivity index (χ3n) is 4.75. The SMILES string of the molecule is CCCCc1ccc(N2CC(C(=O)Nc3ccc(Cl)c(Cl)c3)CC2=O)cc1. The van der Waals surface area contributed by atoms with Crippen LogP contribution in [0.3, 0.4) is 0 Å². The molecule has 0 bridgehead atoms. The molecule has 1 unspecified atom stereocenters. The summed E-state index contributed by atoms with van der Waals surface area (Å²) in [5.74, 6) is -0.624. The summed E-state index contributed by atoms with van der Waals surface area (Å²) in [5.41, 5.74) is 2.67. The van der Waals surface area contributed by atoms with Gasteiger partial charge in [-0.2, -0.15) is 0 Å². The third kappa shape index (κ3) is 4.82. The summed E-state index contributed by atoms with van der Waals surface area (Å²) in [6, 6.07) is 13.0. The number of hydrogen-bond acceptors (Lipinski definition) is 2. The highest BCUT2D eigenvalue weighted by Gasteiger charge is 2.35. The smallest absolute Gasteiger partial charge is 0.229 e. The number of anilines is 2. The van der Waals surface area contributed by atoms with Gasteiger partial charge in [0.1, 0.15) is 0 Å².